The molecule has 4 N–H and O–H groups in total. The summed E-state index contributed by atoms with van der Waals surface area (Å²) in [6, 6.07) is 3.74. The minimum atomic E-state index is -0.117. The van der Waals surface area contributed by atoms with E-state index in [1.807, 2.05) is 11.1 Å². The van der Waals surface area contributed by atoms with Gasteiger partial charge < -0.3 is 16.0 Å². The van der Waals surface area contributed by atoms with E-state index in [1.54, 1.807) is 12.1 Å². The monoisotopic (exact) mass is 431 g/mol. The predicted octanol–water partition coefficient (Wildman–Crippen LogP) is 3.61. The van der Waals surface area contributed by atoms with Crippen LogP contribution in [0.15, 0.2) is 24.5 Å². The quantitative estimate of drug-likeness (QED) is 0.630. The second-order valence-electron chi connectivity index (χ2n) is 7.68. The predicted molar refractivity (Wildman–Crippen MR) is 115 cm³/mol. The number of carbonyl (C=O) groups excluding carboxylic acids is 1. The highest BCUT2D eigenvalue weighted by atomic mass is 35.5. The van der Waals surface area contributed by atoms with Crippen LogP contribution in [-0.4, -0.2) is 39.8 Å². The molecule has 2 atom stereocenters. The standard InChI is InChI=1S/C21H23Cl2N5O/c22-18-7-13(15(9-24)10-25)8-19(23)17(18)6-12-3-4-28(21(12)29)16-1-2-20-14(5-16)11-26-27-20/h7-12,16,24H,1-6,25H2,(H,26,27)/b15-10+,24-9?. The molecule has 0 radical (unpaired) electrons. The van der Waals surface area contributed by atoms with E-state index in [1.165, 1.54) is 17.5 Å². The normalized spacial score (nSPS) is 22.1. The number of likely N-dealkylation sites (tertiary alicyclic amines) is 1. The van der Waals surface area contributed by atoms with Gasteiger partial charge in [0.2, 0.25) is 5.91 Å². The molecule has 6 nitrogen and oxygen atoms in total. The Kier molecular flexibility index (Phi) is 5.65. The van der Waals surface area contributed by atoms with Crippen molar-refractivity contribution in [2.24, 2.45) is 11.7 Å². The molecule has 4 rings (SSSR count). The van der Waals surface area contributed by atoms with Gasteiger partial charge >= 0.3 is 0 Å². The Bertz CT molecular complexity index is 960. The van der Waals surface area contributed by atoms with Gasteiger partial charge in [0.15, 0.2) is 0 Å². The van der Waals surface area contributed by atoms with Crippen molar-refractivity contribution in [3.63, 3.8) is 0 Å². The van der Waals surface area contributed by atoms with Crippen LogP contribution in [0.5, 0.6) is 0 Å². The summed E-state index contributed by atoms with van der Waals surface area (Å²) in [6.07, 6.45) is 8.45. The Morgan fingerprint density at radius 3 is 2.79 bits per heavy atom. The molecule has 2 aromatic rings. The number of aromatic nitrogens is 2. The summed E-state index contributed by atoms with van der Waals surface area (Å²) < 4.78 is 0. The van der Waals surface area contributed by atoms with Gasteiger partial charge in [0.1, 0.15) is 0 Å². The van der Waals surface area contributed by atoms with Gasteiger partial charge in [-0.15, -0.1) is 0 Å². The summed E-state index contributed by atoms with van der Waals surface area (Å²) in [5, 5.41) is 15.6. The number of aromatic amines is 1. The number of hydrogen-bond acceptors (Lipinski definition) is 4. The van der Waals surface area contributed by atoms with Crippen LogP contribution in [-0.2, 0) is 24.1 Å². The number of hydrogen-bond donors (Lipinski definition) is 3. The smallest absolute Gasteiger partial charge is 0.226 e. The lowest BCUT2D eigenvalue weighted by molar-refractivity contribution is -0.133. The molecule has 0 bridgehead atoms. The van der Waals surface area contributed by atoms with Crippen molar-refractivity contribution in [3.8, 4) is 0 Å². The number of fused-ring (bicyclic) bond motifs is 1. The Balaban J connectivity index is 1.48. The first-order valence-electron chi connectivity index (χ1n) is 9.74. The molecule has 1 saturated heterocycles. The van der Waals surface area contributed by atoms with E-state index in [-0.39, 0.29) is 17.9 Å². The maximum atomic E-state index is 13.1. The van der Waals surface area contributed by atoms with Gasteiger partial charge in [0.05, 0.1) is 6.20 Å². The molecule has 1 aromatic carbocycles. The largest absolute Gasteiger partial charge is 0.404 e. The molecule has 0 spiro atoms. The first kappa shape index (κ1) is 20.0. The topological polar surface area (TPSA) is 98.9 Å². The summed E-state index contributed by atoms with van der Waals surface area (Å²) in [4.78, 5) is 15.1. The second-order valence-corrected chi connectivity index (χ2v) is 8.49. The van der Waals surface area contributed by atoms with E-state index >= 15 is 0 Å². The SMILES string of the molecule is N=C/C(=C\N)c1cc(Cl)c(CC2CCN(C3CCc4[nH]ncc4C3)C2=O)c(Cl)c1. The lowest BCUT2D eigenvalue weighted by atomic mass is 9.92. The van der Waals surface area contributed by atoms with Crippen molar-refractivity contribution < 1.29 is 4.79 Å². The molecule has 1 aromatic heterocycles. The van der Waals surface area contributed by atoms with Gasteiger partial charge in [-0.2, -0.15) is 5.10 Å². The number of nitrogens with one attached hydrogen (secondary N) is 2. The number of halogens is 2. The van der Waals surface area contributed by atoms with Crippen LogP contribution in [0.25, 0.3) is 5.57 Å². The molecule has 29 heavy (non-hydrogen) atoms. The molecule has 8 heteroatoms. The third-order valence-corrected chi connectivity index (χ3v) is 6.72. The summed E-state index contributed by atoms with van der Waals surface area (Å²) >= 11 is 13.0. The number of carbonyl (C=O) groups is 1. The van der Waals surface area contributed by atoms with Gasteiger partial charge in [0.25, 0.3) is 0 Å². The summed E-state index contributed by atoms with van der Waals surface area (Å²) in [5.41, 5.74) is 9.98. The zero-order valence-electron chi connectivity index (χ0n) is 15.9. The van der Waals surface area contributed by atoms with Crippen LogP contribution in [0, 0.1) is 11.3 Å². The lowest BCUT2D eigenvalue weighted by Gasteiger charge is -2.31. The molecule has 2 aliphatic rings. The summed E-state index contributed by atoms with van der Waals surface area (Å²) in [5.74, 6) is 0.0639. The maximum absolute atomic E-state index is 13.1. The number of aryl methyl sites for hydroxylation is 1. The zero-order valence-corrected chi connectivity index (χ0v) is 17.4. The highest BCUT2D eigenvalue weighted by molar-refractivity contribution is 6.36. The van der Waals surface area contributed by atoms with E-state index in [2.05, 4.69) is 10.2 Å². The van der Waals surface area contributed by atoms with Crippen molar-refractivity contribution in [1.82, 2.24) is 15.1 Å². The first-order valence-corrected chi connectivity index (χ1v) is 10.5. The first-order chi connectivity index (χ1) is 14.0. The number of amides is 1. The zero-order chi connectivity index (χ0) is 20.5. The highest BCUT2D eigenvalue weighted by Gasteiger charge is 2.37. The van der Waals surface area contributed by atoms with Gasteiger partial charge in [-0.3, -0.25) is 9.89 Å². The van der Waals surface area contributed by atoms with Crippen molar-refractivity contribution in [2.45, 2.75) is 38.1 Å². The molecule has 2 heterocycles. The van der Waals surface area contributed by atoms with Crippen molar-refractivity contribution in [1.29, 1.82) is 5.41 Å². The molecule has 1 aliphatic heterocycles. The Hall–Kier alpha value is -2.31. The van der Waals surface area contributed by atoms with Gasteiger partial charge in [-0.05, 0) is 60.9 Å². The Morgan fingerprint density at radius 2 is 2.10 bits per heavy atom. The Labute approximate surface area is 179 Å². The van der Waals surface area contributed by atoms with E-state index in [4.69, 9.17) is 34.3 Å². The van der Waals surface area contributed by atoms with Crippen LogP contribution < -0.4 is 5.73 Å². The van der Waals surface area contributed by atoms with Crippen molar-refractivity contribution in [3.05, 3.63) is 57.0 Å². The van der Waals surface area contributed by atoms with Crippen LogP contribution in [0.2, 0.25) is 10.0 Å². The molecule has 1 fully saturated rings. The maximum Gasteiger partial charge on any atom is 0.226 e. The van der Waals surface area contributed by atoms with E-state index in [9.17, 15) is 4.79 Å². The van der Waals surface area contributed by atoms with Crippen LogP contribution in [0.4, 0.5) is 0 Å². The fraction of sp³-hybridized carbons (Fsp3) is 0.381. The molecular weight excluding hydrogens is 409 g/mol. The number of rotatable bonds is 5. The molecule has 152 valence electrons. The van der Waals surface area contributed by atoms with Crippen LogP contribution in [0.1, 0.15) is 35.2 Å². The average molecular weight is 432 g/mol. The average Bonchev–Trinajstić information content (AvgIpc) is 3.31. The van der Waals surface area contributed by atoms with Gasteiger partial charge in [-0.1, -0.05) is 23.2 Å². The number of allylic oxidation sites excluding steroid dienone is 1. The number of nitrogens with two attached hydrogens (primary N) is 1. The Morgan fingerprint density at radius 1 is 1.34 bits per heavy atom. The molecule has 0 saturated carbocycles. The van der Waals surface area contributed by atoms with Crippen LogP contribution >= 0.6 is 23.2 Å². The molecule has 2 unspecified atom stereocenters. The highest BCUT2D eigenvalue weighted by Crippen LogP contribution is 2.35. The number of benzene rings is 1. The molecule has 1 aliphatic carbocycles. The summed E-state index contributed by atoms with van der Waals surface area (Å²) in [6.45, 7) is 0.766. The van der Waals surface area contributed by atoms with Gasteiger partial charge in [-0.25, -0.2) is 0 Å². The molecular formula is C21H23Cl2N5O. The number of H-pyrrole nitrogens is 1. The van der Waals surface area contributed by atoms with Crippen molar-refractivity contribution >= 4 is 40.9 Å². The second kappa shape index (κ2) is 8.20. The van der Waals surface area contributed by atoms with E-state index in [0.717, 1.165) is 44.0 Å². The fourth-order valence-electron chi connectivity index (χ4n) is 4.42. The fourth-order valence-corrected chi connectivity index (χ4v) is 5.06. The minimum absolute atomic E-state index is 0.117. The molecule has 1 amide bonds. The van der Waals surface area contributed by atoms with E-state index in [0.29, 0.717) is 27.6 Å². The summed E-state index contributed by atoms with van der Waals surface area (Å²) in [7, 11) is 0. The van der Waals surface area contributed by atoms with Crippen LogP contribution in [0.3, 0.4) is 0 Å². The van der Waals surface area contributed by atoms with E-state index < -0.39 is 0 Å². The third kappa shape index (κ3) is 3.79. The van der Waals surface area contributed by atoms with Crippen molar-refractivity contribution in [2.75, 3.05) is 6.54 Å². The van der Waals surface area contributed by atoms with Gasteiger partial charge in [0, 0.05) is 52.2 Å². The number of nitrogens with zero attached hydrogens (tertiary/aromatic N) is 2. The third-order valence-electron chi connectivity index (χ3n) is 6.04. The minimum Gasteiger partial charge on any atom is -0.404 e. The lowest BCUT2D eigenvalue weighted by Crippen LogP contribution is -2.41.